The van der Waals surface area contributed by atoms with Crippen molar-refractivity contribution in [1.82, 2.24) is 5.32 Å². The van der Waals surface area contributed by atoms with E-state index >= 15 is 0 Å². The largest absolute Gasteiger partial charge is 0.465 e. The minimum Gasteiger partial charge on any atom is -0.465 e. The number of rotatable bonds is 5. The minimum absolute atomic E-state index is 0.402. The second-order valence-corrected chi connectivity index (χ2v) is 5.11. The van der Waals surface area contributed by atoms with Crippen LogP contribution in [0.3, 0.4) is 0 Å². The predicted octanol–water partition coefficient (Wildman–Crippen LogP) is 1.01. The Bertz CT molecular complexity index is 462. The molecule has 0 aliphatic carbocycles. The standard InChI is InChI=1S/C14H21NO5/c1-10-12(13(16)18-2)7-11(20-10)8-15-9-14(17)3-5-19-6-4-14/h7,15,17H,3-6,8-9H2,1-2H3. The second-order valence-electron chi connectivity index (χ2n) is 5.11. The highest BCUT2D eigenvalue weighted by Crippen LogP contribution is 2.20. The van der Waals surface area contributed by atoms with Gasteiger partial charge < -0.3 is 24.3 Å². The van der Waals surface area contributed by atoms with E-state index in [-0.39, 0.29) is 0 Å². The fourth-order valence-electron chi connectivity index (χ4n) is 2.29. The zero-order chi connectivity index (χ0) is 14.6. The van der Waals surface area contributed by atoms with Crippen LogP contribution in [-0.4, -0.2) is 43.5 Å². The van der Waals surface area contributed by atoms with Crippen LogP contribution in [0.25, 0.3) is 0 Å². The Kier molecular flexibility index (Phi) is 4.80. The number of nitrogens with one attached hydrogen (secondary N) is 1. The SMILES string of the molecule is COC(=O)c1cc(CNCC2(O)CCOCC2)oc1C. The Morgan fingerprint density at radius 1 is 1.50 bits per heavy atom. The molecule has 2 rings (SSSR count). The van der Waals surface area contributed by atoms with Gasteiger partial charge in [0.1, 0.15) is 17.1 Å². The van der Waals surface area contributed by atoms with Crippen LogP contribution in [0.5, 0.6) is 0 Å². The third-order valence-electron chi connectivity index (χ3n) is 3.55. The van der Waals surface area contributed by atoms with Gasteiger partial charge in [-0.15, -0.1) is 0 Å². The molecule has 2 heterocycles. The molecule has 1 aromatic heterocycles. The van der Waals surface area contributed by atoms with Crippen molar-refractivity contribution in [3.63, 3.8) is 0 Å². The van der Waals surface area contributed by atoms with Crippen LogP contribution in [0.4, 0.5) is 0 Å². The van der Waals surface area contributed by atoms with Gasteiger partial charge in [0.2, 0.25) is 0 Å². The van der Waals surface area contributed by atoms with Gasteiger partial charge in [-0.3, -0.25) is 0 Å². The summed E-state index contributed by atoms with van der Waals surface area (Å²) in [5.41, 5.74) is -0.278. The smallest absolute Gasteiger partial charge is 0.341 e. The van der Waals surface area contributed by atoms with Crippen molar-refractivity contribution < 1.29 is 23.8 Å². The van der Waals surface area contributed by atoms with Crippen molar-refractivity contribution in [3.05, 3.63) is 23.2 Å². The molecule has 0 spiro atoms. The summed E-state index contributed by atoms with van der Waals surface area (Å²) in [5, 5.41) is 13.4. The molecule has 0 bridgehead atoms. The molecule has 0 unspecified atom stereocenters. The summed E-state index contributed by atoms with van der Waals surface area (Å²) < 4.78 is 15.4. The van der Waals surface area contributed by atoms with E-state index in [1.165, 1.54) is 7.11 Å². The first-order chi connectivity index (χ1) is 9.54. The highest BCUT2D eigenvalue weighted by atomic mass is 16.5. The molecule has 6 heteroatoms. The van der Waals surface area contributed by atoms with Gasteiger partial charge in [-0.25, -0.2) is 4.79 Å². The van der Waals surface area contributed by atoms with Crippen LogP contribution in [0.2, 0.25) is 0 Å². The normalized spacial score (nSPS) is 17.9. The molecular weight excluding hydrogens is 262 g/mol. The number of ether oxygens (including phenoxy) is 2. The number of methoxy groups -OCH3 is 1. The molecule has 0 aromatic carbocycles. The van der Waals surface area contributed by atoms with Crippen molar-refractivity contribution in [3.8, 4) is 0 Å². The Labute approximate surface area is 118 Å². The fraction of sp³-hybridized carbons (Fsp3) is 0.643. The van der Waals surface area contributed by atoms with E-state index < -0.39 is 11.6 Å². The molecule has 1 aromatic rings. The maximum absolute atomic E-state index is 11.5. The summed E-state index contributed by atoms with van der Waals surface area (Å²) >= 11 is 0. The molecule has 6 nitrogen and oxygen atoms in total. The van der Waals surface area contributed by atoms with Gasteiger partial charge in [0.05, 0.1) is 19.3 Å². The lowest BCUT2D eigenvalue weighted by atomic mass is 9.94. The van der Waals surface area contributed by atoms with E-state index in [1.54, 1.807) is 13.0 Å². The van der Waals surface area contributed by atoms with Gasteiger partial charge in [-0.05, 0) is 13.0 Å². The second kappa shape index (κ2) is 6.39. The van der Waals surface area contributed by atoms with Gasteiger partial charge >= 0.3 is 5.97 Å². The number of carbonyl (C=O) groups excluding carboxylic acids is 1. The van der Waals surface area contributed by atoms with E-state index in [2.05, 4.69) is 10.1 Å². The maximum atomic E-state index is 11.5. The molecule has 2 N–H and O–H groups in total. The molecule has 112 valence electrons. The lowest BCUT2D eigenvalue weighted by Gasteiger charge is -2.32. The topological polar surface area (TPSA) is 80.9 Å². The Balaban J connectivity index is 1.86. The van der Waals surface area contributed by atoms with Crippen LogP contribution >= 0.6 is 0 Å². The van der Waals surface area contributed by atoms with Crippen LogP contribution in [0.15, 0.2) is 10.5 Å². The predicted molar refractivity (Wildman–Crippen MR) is 71.5 cm³/mol. The Morgan fingerprint density at radius 3 is 2.85 bits per heavy atom. The number of hydrogen-bond donors (Lipinski definition) is 2. The molecule has 0 saturated carbocycles. The molecular formula is C14H21NO5. The highest BCUT2D eigenvalue weighted by molar-refractivity contribution is 5.90. The number of esters is 1. The van der Waals surface area contributed by atoms with Crippen LogP contribution in [-0.2, 0) is 16.0 Å². The summed E-state index contributed by atoms with van der Waals surface area (Å²) in [6.07, 6.45) is 1.26. The first-order valence-corrected chi connectivity index (χ1v) is 6.72. The summed E-state index contributed by atoms with van der Waals surface area (Å²) in [6, 6.07) is 1.67. The molecule has 1 saturated heterocycles. The molecule has 1 fully saturated rings. The molecule has 0 atom stereocenters. The quantitative estimate of drug-likeness (QED) is 0.785. The molecule has 20 heavy (non-hydrogen) atoms. The van der Waals surface area contributed by atoms with E-state index in [4.69, 9.17) is 9.15 Å². The van der Waals surface area contributed by atoms with Crippen LogP contribution < -0.4 is 5.32 Å². The van der Waals surface area contributed by atoms with Gasteiger partial charge in [0.25, 0.3) is 0 Å². The van der Waals surface area contributed by atoms with Gasteiger partial charge in [0, 0.05) is 32.6 Å². The molecule has 1 aliphatic rings. The number of aliphatic hydroxyl groups is 1. The number of hydrogen-bond acceptors (Lipinski definition) is 6. The summed E-state index contributed by atoms with van der Waals surface area (Å²) in [6.45, 7) is 3.83. The number of aryl methyl sites for hydroxylation is 1. The highest BCUT2D eigenvalue weighted by Gasteiger charge is 2.29. The maximum Gasteiger partial charge on any atom is 0.341 e. The van der Waals surface area contributed by atoms with Crippen molar-refractivity contribution in [2.45, 2.75) is 31.9 Å². The summed E-state index contributed by atoms with van der Waals surface area (Å²) in [5.74, 6) is 0.789. The first kappa shape index (κ1) is 15.0. The Hall–Kier alpha value is -1.37. The van der Waals surface area contributed by atoms with E-state index in [0.29, 0.717) is 56.2 Å². The van der Waals surface area contributed by atoms with Gasteiger partial charge in [-0.1, -0.05) is 0 Å². The third-order valence-corrected chi connectivity index (χ3v) is 3.55. The van der Waals surface area contributed by atoms with Crippen molar-refractivity contribution in [2.75, 3.05) is 26.9 Å². The zero-order valence-corrected chi connectivity index (χ0v) is 11.9. The number of carbonyl (C=O) groups is 1. The molecule has 0 amide bonds. The summed E-state index contributed by atoms with van der Waals surface area (Å²) in [4.78, 5) is 11.5. The number of furan rings is 1. The van der Waals surface area contributed by atoms with Crippen molar-refractivity contribution >= 4 is 5.97 Å². The lowest BCUT2D eigenvalue weighted by molar-refractivity contribution is -0.0618. The van der Waals surface area contributed by atoms with E-state index in [1.807, 2.05) is 0 Å². The van der Waals surface area contributed by atoms with Crippen molar-refractivity contribution in [2.24, 2.45) is 0 Å². The first-order valence-electron chi connectivity index (χ1n) is 6.72. The van der Waals surface area contributed by atoms with Gasteiger partial charge in [0.15, 0.2) is 0 Å². The zero-order valence-electron chi connectivity index (χ0n) is 11.9. The minimum atomic E-state index is -0.717. The lowest BCUT2D eigenvalue weighted by Crippen LogP contribution is -2.44. The average Bonchev–Trinajstić information content (AvgIpc) is 2.79. The summed E-state index contributed by atoms with van der Waals surface area (Å²) in [7, 11) is 1.34. The van der Waals surface area contributed by atoms with Crippen molar-refractivity contribution in [1.29, 1.82) is 0 Å². The molecule has 0 radical (unpaired) electrons. The molecule has 1 aliphatic heterocycles. The van der Waals surface area contributed by atoms with Gasteiger partial charge in [-0.2, -0.15) is 0 Å². The van der Waals surface area contributed by atoms with Crippen LogP contribution in [0, 0.1) is 6.92 Å². The monoisotopic (exact) mass is 283 g/mol. The van der Waals surface area contributed by atoms with Crippen LogP contribution in [0.1, 0.15) is 34.7 Å². The third kappa shape index (κ3) is 3.59. The van der Waals surface area contributed by atoms with E-state index in [0.717, 1.165) is 0 Å². The van der Waals surface area contributed by atoms with E-state index in [9.17, 15) is 9.90 Å². The Morgan fingerprint density at radius 2 is 2.20 bits per heavy atom. The fourth-order valence-corrected chi connectivity index (χ4v) is 2.29. The average molecular weight is 283 g/mol.